The third-order valence-electron chi connectivity index (χ3n) is 2.24. The molecular formula is C9H17N5O3S. The first-order chi connectivity index (χ1) is 8.24. The van der Waals surface area contributed by atoms with Crippen molar-refractivity contribution in [3.63, 3.8) is 0 Å². The first kappa shape index (κ1) is 14.5. The van der Waals surface area contributed by atoms with Gasteiger partial charge in [-0.2, -0.15) is 5.10 Å². The number of nitrogens with one attached hydrogen (secondary N) is 1. The standard InChI is InChI=1S/C9H17N5O3S/c1-13(2)8(15)4-5-11-18(16,17)7-6-14(3)12-9(7)10/h6,11H,4-5H2,1-3H3,(H2,10,12). The predicted octanol–water partition coefficient (Wildman–Crippen LogP) is -1.24. The number of anilines is 1. The number of hydrogen-bond acceptors (Lipinski definition) is 5. The molecular weight excluding hydrogens is 258 g/mol. The van der Waals surface area contributed by atoms with Gasteiger partial charge in [0.2, 0.25) is 15.9 Å². The molecule has 0 aliphatic carbocycles. The van der Waals surface area contributed by atoms with Crippen LogP contribution in [0.25, 0.3) is 0 Å². The number of amides is 1. The number of rotatable bonds is 5. The van der Waals surface area contributed by atoms with E-state index in [1.807, 2.05) is 0 Å². The fourth-order valence-electron chi connectivity index (χ4n) is 1.28. The molecule has 0 aliphatic heterocycles. The number of carbonyl (C=O) groups is 1. The quantitative estimate of drug-likeness (QED) is 0.698. The highest BCUT2D eigenvalue weighted by Gasteiger charge is 2.20. The van der Waals surface area contributed by atoms with Crippen molar-refractivity contribution >= 4 is 21.7 Å². The summed E-state index contributed by atoms with van der Waals surface area (Å²) in [7, 11) is 1.07. The second-order valence-corrected chi connectivity index (χ2v) is 5.72. The van der Waals surface area contributed by atoms with Gasteiger partial charge in [0, 0.05) is 40.3 Å². The summed E-state index contributed by atoms with van der Waals surface area (Å²) in [5.74, 6) is -0.221. The molecule has 1 amide bonds. The number of sulfonamides is 1. The lowest BCUT2D eigenvalue weighted by atomic mass is 10.4. The number of nitrogens with two attached hydrogens (primary N) is 1. The molecule has 102 valence electrons. The molecule has 0 saturated carbocycles. The molecule has 1 aromatic rings. The normalized spacial score (nSPS) is 11.5. The van der Waals surface area contributed by atoms with Crippen molar-refractivity contribution in [2.75, 3.05) is 26.4 Å². The van der Waals surface area contributed by atoms with E-state index in [4.69, 9.17) is 5.73 Å². The van der Waals surface area contributed by atoms with Crippen LogP contribution in [0.4, 0.5) is 5.82 Å². The first-order valence-corrected chi connectivity index (χ1v) is 6.71. The lowest BCUT2D eigenvalue weighted by molar-refractivity contribution is -0.128. The predicted molar refractivity (Wildman–Crippen MR) is 66.1 cm³/mol. The zero-order valence-corrected chi connectivity index (χ0v) is 11.4. The second-order valence-electron chi connectivity index (χ2n) is 3.99. The summed E-state index contributed by atoms with van der Waals surface area (Å²) in [6, 6.07) is 0. The maximum Gasteiger partial charge on any atom is 0.245 e. The summed E-state index contributed by atoms with van der Waals surface area (Å²) in [5, 5.41) is 3.75. The lowest BCUT2D eigenvalue weighted by Crippen LogP contribution is -2.30. The summed E-state index contributed by atoms with van der Waals surface area (Å²) in [5.41, 5.74) is 5.48. The van der Waals surface area contributed by atoms with E-state index in [-0.39, 0.29) is 29.6 Å². The van der Waals surface area contributed by atoms with Gasteiger partial charge in [-0.15, -0.1) is 0 Å². The van der Waals surface area contributed by atoms with Crippen molar-refractivity contribution in [1.29, 1.82) is 0 Å². The van der Waals surface area contributed by atoms with Crippen LogP contribution < -0.4 is 10.5 Å². The smallest absolute Gasteiger partial charge is 0.245 e. The zero-order chi connectivity index (χ0) is 13.9. The van der Waals surface area contributed by atoms with E-state index in [0.717, 1.165) is 0 Å². The largest absolute Gasteiger partial charge is 0.381 e. The van der Waals surface area contributed by atoms with Crippen LogP contribution in [0.3, 0.4) is 0 Å². The topological polar surface area (TPSA) is 110 Å². The highest BCUT2D eigenvalue weighted by Crippen LogP contribution is 2.14. The molecule has 1 aromatic heterocycles. The van der Waals surface area contributed by atoms with Crippen LogP contribution in [0.2, 0.25) is 0 Å². The van der Waals surface area contributed by atoms with Crippen LogP contribution in [-0.2, 0) is 21.9 Å². The number of carbonyl (C=O) groups excluding carboxylic acids is 1. The van der Waals surface area contributed by atoms with Gasteiger partial charge in [-0.05, 0) is 0 Å². The first-order valence-electron chi connectivity index (χ1n) is 5.23. The molecule has 0 saturated heterocycles. The Morgan fingerprint density at radius 3 is 2.61 bits per heavy atom. The molecule has 9 heteroatoms. The van der Waals surface area contributed by atoms with E-state index < -0.39 is 10.0 Å². The van der Waals surface area contributed by atoms with Gasteiger partial charge >= 0.3 is 0 Å². The Morgan fingerprint density at radius 2 is 2.17 bits per heavy atom. The summed E-state index contributed by atoms with van der Waals surface area (Å²) in [4.78, 5) is 12.6. The Bertz CT molecular complexity index is 534. The summed E-state index contributed by atoms with van der Waals surface area (Å²) in [6.45, 7) is 0.0215. The van der Waals surface area contributed by atoms with Crippen LogP contribution in [0, 0.1) is 0 Å². The minimum absolute atomic E-state index is 0.0215. The number of nitrogen functional groups attached to an aromatic ring is 1. The molecule has 0 spiro atoms. The van der Waals surface area contributed by atoms with Crippen molar-refractivity contribution in [1.82, 2.24) is 19.4 Å². The van der Waals surface area contributed by atoms with Crippen LogP contribution in [0.5, 0.6) is 0 Å². The Labute approximate surface area is 106 Å². The van der Waals surface area contributed by atoms with Crippen LogP contribution in [0.15, 0.2) is 11.1 Å². The molecule has 1 rings (SSSR count). The highest BCUT2D eigenvalue weighted by molar-refractivity contribution is 7.89. The van der Waals surface area contributed by atoms with Gasteiger partial charge in [0.05, 0.1) is 0 Å². The molecule has 0 fully saturated rings. The van der Waals surface area contributed by atoms with Gasteiger partial charge in [-0.25, -0.2) is 13.1 Å². The van der Waals surface area contributed by atoms with Crippen molar-refractivity contribution in [3.05, 3.63) is 6.20 Å². The monoisotopic (exact) mass is 275 g/mol. The van der Waals surface area contributed by atoms with E-state index in [0.29, 0.717) is 0 Å². The molecule has 0 aromatic carbocycles. The van der Waals surface area contributed by atoms with Crippen LogP contribution in [-0.4, -0.2) is 49.6 Å². The zero-order valence-electron chi connectivity index (χ0n) is 10.5. The summed E-state index contributed by atoms with van der Waals surface area (Å²) >= 11 is 0. The SMILES string of the molecule is CN(C)C(=O)CCNS(=O)(=O)c1cn(C)nc1N. The number of hydrogen-bond donors (Lipinski definition) is 2. The van der Waals surface area contributed by atoms with Gasteiger partial charge in [0.15, 0.2) is 5.82 Å². The Morgan fingerprint density at radius 1 is 1.56 bits per heavy atom. The number of aromatic nitrogens is 2. The molecule has 0 bridgehead atoms. The van der Waals surface area contributed by atoms with E-state index in [1.54, 1.807) is 21.1 Å². The van der Waals surface area contributed by atoms with E-state index in [2.05, 4.69) is 9.82 Å². The maximum absolute atomic E-state index is 11.8. The second kappa shape index (κ2) is 5.36. The van der Waals surface area contributed by atoms with Crippen LogP contribution >= 0.6 is 0 Å². The molecule has 8 nitrogen and oxygen atoms in total. The molecule has 0 radical (unpaired) electrons. The minimum atomic E-state index is -3.72. The summed E-state index contributed by atoms with van der Waals surface area (Å²) < 4.78 is 27.3. The van der Waals surface area contributed by atoms with Crippen molar-refractivity contribution < 1.29 is 13.2 Å². The van der Waals surface area contributed by atoms with Crippen LogP contribution in [0.1, 0.15) is 6.42 Å². The fraction of sp³-hybridized carbons (Fsp3) is 0.556. The van der Waals surface area contributed by atoms with E-state index >= 15 is 0 Å². The average Bonchev–Trinajstić information content (AvgIpc) is 2.58. The molecule has 18 heavy (non-hydrogen) atoms. The highest BCUT2D eigenvalue weighted by atomic mass is 32.2. The molecule has 3 N–H and O–H groups in total. The van der Waals surface area contributed by atoms with Gasteiger partial charge < -0.3 is 10.6 Å². The minimum Gasteiger partial charge on any atom is -0.381 e. The molecule has 1 heterocycles. The van der Waals surface area contributed by atoms with Crippen molar-refractivity contribution in [2.45, 2.75) is 11.3 Å². The third kappa shape index (κ3) is 3.44. The van der Waals surface area contributed by atoms with Gasteiger partial charge in [0.25, 0.3) is 0 Å². The number of nitrogens with zero attached hydrogens (tertiary/aromatic N) is 3. The number of aryl methyl sites for hydroxylation is 1. The average molecular weight is 275 g/mol. The van der Waals surface area contributed by atoms with Gasteiger partial charge in [0.1, 0.15) is 4.90 Å². The van der Waals surface area contributed by atoms with Gasteiger partial charge in [-0.1, -0.05) is 0 Å². The van der Waals surface area contributed by atoms with E-state index in [9.17, 15) is 13.2 Å². The lowest BCUT2D eigenvalue weighted by Gasteiger charge is -2.10. The van der Waals surface area contributed by atoms with Crippen molar-refractivity contribution in [3.8, 4) is 0 Å². The van der Waals surface area contributed by atoms with E-state index in [1.165, 1.54) is 15.8 Å². The molecule has 0 atom stereocenters. The maximum atomic E-state index is 11.8. The summed E-state index contributed by atoms with van der Waals surface area (Å²) in [6.07, 6.45) is 1.40. The molecule has 0 unspecified atom stereocenters. The third-order valence-corrected chi connectivity index (χ3v) is 3.72. The molecule has 0 aliphatic rings. The Hall–Kier alpha value is -1.61. The fourth-order valence-corrected chi connectivity index (χ4v) is 2.42. The Balaban J connectivity index is 2.67. The Kier molecular flexibility index (Phi) is 4.30. The van der Waals surface area contributed by atoms with Crippen molar-refractivity contribution in [2.24, 2.45) is 7.05 Å². The van der Waals surface area contributed by atoms with Gasteiger partial charge in [-0.3, -0.25) is 9.48 Å².